The van der Waals surface area contributed by atoms with E-state index in [4.69, 9.17) is 9.47 Å². The standard InChI is InChI=1S/C18H21N3O4S2/c1-6-25-16(22)14-12(3)20(4)18(26-14)21(13-9-7-8-11(2)10-13)19-15(27-18)17(23)24-5/h7-10H,6H2,1-5H3. The van der Waals surface area contributed by atoms with Crippen molar-refractivity contribution in [2.75, 3.05) is 25.8 Å². The normalized spacial score (nSPS) is 21.7. The van der Waals surface area contributed by atoms with E-state index >= 15 is 0 Å². The minimum Gasteiger partial charge on any atom is -0.464 e. The second-order valence-electron chi connectivity index (χ2n) is 5.99. The lowest BCUT2D eigenvalue weighted by molar-refractivity contribution is -0.137. The molecule has 7 nitrogen and oxygen atoms in total. The molecular formula is C18H21N3O4S2. The first-order valence-electron chi connectivity index (χ1n) is 8.37. The third kappa shape index (κ3) is 3.29. The molecule has 0 bridgehead atoms. The Morgan fingerprint density at radius 2 is 1.96 bits per heavy atom. The molecule has 9 heteroatoms. The maximum atomic E-state index is 12.4. The monoisotopic (exact) mass is 407 g/mol. The molecule has 2 aliphatic rings. The molecule has 1 spiro atoms. The second kappa shape index (κ2) is 7.47. The van der Waals surface area contributed by atoms with Crippen molar-refractivity contribution in [1.82, 2.24) is 4.90 Å². The molecule has 0 aliphatic carbocycles. The van der Waals surface area contributed by atoms with Crippen molar-refractivity contribution in [3.05, 3.63) is 40.4 Å². The van der Waals surface area contributed by atoms with Gasteiger partial charge in [0.25, 0.3) is 0 Å². The van der Waals surface area contributed by atoms with E-state index < -0.39 is 10.3 Å². The van der Waals surface area contributed by atoms with Gasteiger partial charge in [-0.05, 0) is 50.2 Å². The fourth-order valence-electron chi connectivity index (χ4n) is 2.79. The molecule has 0 aromatic heterocycles. The quantitative estimate of drug-likeness (QED) is 0.705. The summed E-state index contributed by atoms with van der Waals surface area (Å²) in [6.07, 6.45) is 0. The number of ether oxygens (including phenoxy) is 2. The number of allylic oxidation sites excluding steroid dienone is 1. The fraction of sp³-hybridized carbons (Fsp3) is 0.389. The predicted octanol–water partition coefficient (Wildman–Crippen LogP) is 3.12. The lowest BCUT2D eigenvalue weighted by Crippen LogP contribution is -2.47. The molecule has 1 aromatic rings. The Labute approximate surface area is 166 Å². The third-order valence-electron chi connectivity index (χ3n) is 4.25. The van der Waals surface area contributed by atoms with Crippen LogP contribution in [0.3, 0.4) is 0 Å². The number of anilines is 1. The van der Waals surface area contributed by atoms with Crippen LogP contribution in [0.15, 0.2) is 40.0 Å². The molecule has 2 heterocycles. The number of nitrogens with zero attached hydrogens (tertiary/aromatic N) is 3. The highest BCUT2D eigenvalue weighted by molar-refractivity contribution is 8.28. The molecule has 1 aromatic carbocycles. The van der Waals surface area contributed by atoms with Crippen LogP contribution in [0.2, 0.25) is 0 Å². The van der Waals surface area contributed by atoms with Gasteiger partial charge in [0, 0.05) is 12.7 Å². The number of hydrazone groups is 1. The Bertz CT molecular complexity index is 855. The number of thioether (sulfide) groups is 2. The summed E-state index contributed by atoms with van der Waals surface area (Å²) in [5, 5.41) is 6.52. The summed E-state index contributed by atoms with van der Waals surface area (Å²) in [4.78, 5) is 27.0. The van der Waals surface area contributed by atoms with Gasteiger partial charge in [0.05, 0.1) is 19.4 Å². The average molecular weight is 408 g/mol. The van der Waals surface area contributed by atoms with Crippen LogP contribution in [0.4, 0.5) is 5.69 Å². The molecule has 0 N–H and O–H groups in total. The Hall–Kier alpha value is -2.13. The number of methoxy groups -OCH3 is 1. The number of benzene rings is 1. The summed E-state index contributed by atoms with van der Waals surface area (Å²) in [7, 11) is 3.20. The van der Waals surface area contributed by atoms with Crippen molar-refractivity contribution in [3.63, 3.8) is 0 Å². The number of aryl methyl sites for hydroxylation is 1. The van der Waals surface area contributed by atoms with Gasteiger partial charge >= 0.3 is 11.9 Å². The zero-order valence-electron chi connectivity index (χ0n) is 15.8. The van der Waals surface area contributed by atoms with E-state index in [-0.39, 0.29) is 11.0 Å². The number of hydrogen-bond acceptors (Lipinski definition) is 9. The molecule has 0 radical (unpaired) electrons. The Morgan fingerprint density at radius 3 is 2.59 bits per heavy atom. The summed E-state index contributed by atoms with van der Waals surface area (Å²) in [5.41, 5.74) is 2.65. The molecule has 144 valence electrons. The van der Waals surface area contributed by atoms with Crippen LogP contribution in [-0.2, 0) is 19.1 Å². The van der Waals surface area contributed by atoms with Crippen molar-refractivity contribution in [2.24, 2.45) is 5.10 Å². The maximum absolute atomic E-state index is 12.4. The van der Waals surface area contributed by atoms with Gasteiger partial charge in [0.2, 0.25) is 9.37 Å². The highest BCUT2D eigenvalue weighted by Crippen LogP contribution is 2.58. The van der Waals surface area contributed by atoms with Gasteiger partial charge < -0.3 is 14.4 Å². The van der Waals surface area contributed by atoms with Crippen LogP contribution in [0.5, 0.6) is 0 Å². The number of esters is 2. The van der Waals surface area contributed by atoms with Crippen LogP contribution in [0.25, 0.3) is 0 Å². The summed E-state index contributed by atoms with van der Waals surface area (Å²) in [6, 6.07) is 7.83. The van der Waals surface area contributed by atoms with E-state index in [1.165, 1.54) is 30.6 Å². The molecule has 0 saturated heterocycles. The molecule has 27 heavy (non-hydrogen) atoms. The van der Waals surface area contributed by atoms with Crippen LogP contribution in [-0.4, -0.2) is 47.0 Å². The van der Waals surface area contributed by atoms with Gasteiger partial charge in [-0.1, -0.05) is 23.9 Å². The first-order chi connectivity index (χ1) is 12.8. The van der Waals surface area contributed by atoms with E-state index in [2.05, 4.69) is 5.10 Å². The molecule has 0 amide bonds. The zero-order valence-corrected chi connectivity index (χ0v) is 17.4. The van der Waals surface area contributed by atoms with Crippen LogP contribution in [0.1, 0.15) is 19.4 Å². The molecule has 3 rings (SSSR count). The zero-order chi connectivity index (χ0) is 19.8. The fourth-order valence-corrected chi connectivity index (χ4v) is 5.69. The average Bonchev–Trinajstić information content (AvgIpc) is 3.15. The van der Waals surface area contributed by atoms with Gasteiger partial charge in [-0.15, -0.1) is 0 Å². The minimum absolute atomic E-state index is 0.233. The van der Waals surface area contributed by atoms with E-state index in [0.717, 1.165) is 16.9 Å². The molecular weight excluding hydrogens is 386 g/mol. The van der Waals surface area contributed by atoms with Crippen LogP contribution in [0, 0.1) is 6.92 Å². The van der Waals surface area contributed by atoms with Crippen molar-refractivity contribution in [3.8, 4) is 0 Å². The summed E-state index contributed by atoms with van der Waals surface area (Å²) in [6.45, 7) is 5.92. The van der Waals surface area contributed by atoms with Gasteiger partial charge in [-0.25, -0.2) is 14.6 Å². The van der Waals surface area contributed by atoms with Gasteiger partial charge in [0.1, 0.15) is 4.91 Å². The van der Waals surface area contributed by atoms with Crippen LogP contribution >= 0.6 is 23.5 Å². The van der Waals surface area contributed by atoms with Gasteiger partial charge in [0.15, 0.2) is 0 Å². The summed E-state index contributed by atoms with van der Waals surface area (Å²) < 4.78 is 9.23. The Morgan fingerprint density at radius 1 is 1.22 bits per heavy atom. The highest BCUT2D eigenvalue weighted by Gasteiger charge is 2.56. The Balaban J connectivity index is 2.05. The van der Waals surface area contributed by atoms with Crippen molar-refractivity contribution in [2.45, 2.75) is 25.1 Å². The topological polar surface area (TPSA) is 71.4 Å². The van der Waals surface area contributed by atoms with Crippen molar-refractivity contribution < 1.29 is 19.1 Å². The van der Waals surface area contributed by atoms with E-state index in [1.807, 2.05) is 50.1 Å². The van der Waals surface area contributed by atoms with Crippen LogP contribution < -0.4 is 5.01 Å². The largest absolute Gasteiger partial charge is 0.464 e. The first-order valence-corrected chi connectivity index (χ1v) is 10.0. The second-order valence-corrected chi connectivity index (χ2v) is 8.59. The smallest absolute Gasteiger partial charge is 0.365 e. The highest BCUT2D eigenvalue weighted by atomic mass is 32.2. The number of carbonyl (C=O) groups excluding carboxylic acids is 2. The molecule has 0 saturated carbocycles. The van der Waals surface area contributed by atoms with E-state index in [0.29, 0.717) is 11.5 Å². The number of rotatable bonds is 4. The SMILES string of the molecule is CCOC(=O)C1=C(C)N(C)C2(SC(C(=O)OC)=NN2c2cccc(C)c2)S1. The summed E-state index contributed by atoms with van der Waals surface area (Å²) in [5.74, 6) is -0.884. The molecule has 1 unspecified atom stereocenters. The number of carbonyl (C=O) groups is 2. The number of hydrogen-bond donors (Lipinski definition) is 0. The van der Waals surface area contributed by atoms with Crippen molar-refractivity contribution in [1.29, 1.82) is 0 Å². The molecule has 2 aliphatic heterocycles. The summed E-state index contributed by atoms with van der Waals surface area (Å²) >= 11 is 2.58. The lowest BCUT2D eigenvalue weighted by atomic mass is 10.2. The first kappa shape index (κ1) is 19.6. The van der Waals surface area contributed by atoms with E-state index in [1.54, 1.807) is 11.9 Å². The Kier molecular flexibility index (Phi) is 5.43. The minimum atomic E-state index is -0.844. The van der Waals surface area contributed by atoms with Crippen molar-refractivity contribution >= 4 is 46.2 Å². The predicted molar refractivity (Wildman–Crippen MR) is 108 cm³/mol. The third-order valence-corrected chi connectivity index (χ3v) is 7.28. The van der Waals surface area contributed by atoms with Gasteiger partial charge in [-0.3, -0.25) is 0 Å². The maximum Gasteiger partial charge on any atom is 0.365 e. The van der Waals surface area contributed by atoms with E-state index in [9.17, 15) is 9.59 Å². The lowest BCUT2D eigenvalue weighted by Gasteiger charge is -2.39. The van der Waals surface area contributed by atoms with Gasteiger partial charge in [-0.2, -0.15) is 5.10 Å². The molecule has 1 atom stereocenters. The molecule has 0 fully saturated rings.